The second-order valence-electron chi connectivity index (χ2n) is 2.44. The molecule has 0 aliphatic carbocycles. The highest BCUT2D eigenvalue weighted by molar-refractivity contribution is 5.08. The normalized spacial score (nSPS) is 15.2. The molecule has 1 aromatic heterocycles. The Balaban J connectivity index is 2.79. The van der Waals surface area contributed by atoms with Crippen LogP contribution in [-0.4, -0.2) is 26.3 Å². The second kappa shape index (κ2) is 3.34. The fourth-order valence-corrected chi connectivity index (χ4v) is 0.831. The molecule has 5 nitrogen and oxygen atoms in total. The molecule has 0 fully saturated rings. The third kappa shape index (κ3) is 1.61. The van der Waals surface area contributed by atoms with E-state index in [9.17, 15) is 5.11 Å². The van der Waals surface area contributed by atoms with Crippen LogP contribution in [0.5, 0.6) is 0 Å². The zero-order chi connectivity index (χ0) is 9.14. The summed E-state index contributed by atoms with van der Waals surface area (Å²) in [7, 11) is 0. The first-order valence-electron chi connectivity index (χ1n) is 3.42. The lowest BCUT2D eigenvalue weighted by Gasteiger charge is -2.07. The molecule has 0 aliphatic heterocycles. The Morgan fingerprint density at radius 2 is 2.33 bits per heavy atom. The van der Waals surface area contributed by atoms with Crippen molar-refractivity contribution in [2.24, 2.45) is 0 Å². The van der Waals surface area contributed by atoms with Gasteiger partial charge in [0.05, 0.1) is 18.0 Å². The molecule has 0 aromatic carbocycles. The van der Waals surface area contributed by atoms with Crippen molar-refractivity contribution in [2.45, 2.75) is 19.1 Å². The summed E-state index contributed by atoms with van der Waals surface area (Å²) in [6.07, 6.45) is -1.23. The largest absolute Gasteiger partial charge is 0.383 e. The third-order valence-corrected chi connectivity index (χ3v) is 1.47. The van der Waals surface area contributed by atoms with Gasteiger partial charge in [-0.2, -0.15) is 5.26 Å². The highest BCUT2D eigenvalue weighted by Gasteiger charge is 2.18. The van der Waals surface area contributed by atoms with Crippen molar-refractivity contribution >= 4 is 0 Å². The smallest absolute Gasteiger partial charge is 0.171 e. The van der Waals surface area contributed by atoms with Crippen LogP contribution in [0, 0.1) is 18.3 Å². The number of rotatable bonds is 2. The number of H-pyrrole nitrogens is 1. The third-order valence-electron chi connectivity index (χ3n) is 1.47. The van der Waals surface area contributed by atoms with Gasteiger partial charge in [-0.25, -0.2) is 4.98 Å². The molecule has 1 rings (SSSR count). The topological polar surface area (TPSA) is 92.9 Å². The van der Waals surface area contributed by atoms with E-state index in [1.165, 1.54) is 12.3 Å². The molecule has 2 unspecified atom stereocenters. The highest BCUT2D eigenvalue weighted by Crippen LogP contribution is 2.13. The summed E-state index contributed by atoms with van der Waals surface area (Å²) in [4.78, 5) is 6.54. The van der Waals surface area contributed by atoms with Gasteiger partial charge in [0.1, 0.15) is 11.9 Å². The van der Waals surface area contributed by atoms with Gasteiger partial charge in [0.2, 0.25) is 0 Å². The van der Waals surface area contributed by atoms with Crippen molar-refractivity contribution in [2.75, 3.05) is 0 Å². The van der Waals surface area contributed by atoms with Crippen LogP contribution in [-0.2, 0) is 0 Å². The molecule has 2 atom stereocenters. The van der Waals surface area contributed by atoms with Crippen LogP contribution in [0.4, 0.5) is 0 Å². The monoisotopic (exact) mass is 167 g/mol. The number of aromatic nitrogens is 2. The Morgan fingerprint density at radius 3 is 2.75 bits per heavy atom. The lowest BCUT2D eigenvalue weighted by Crippen LogP contribution is -2.15. The van der Waals surface area contributed by atoms with E-state index in [2.05, 4.69) is 9.97 Å². The number of aliphatic hydroxyl groups excluding tert-OH is 2. The van der Waals surface area contributed by atoms with Crippen LogP contribution in [0.3, 0.4) is 0 Å². The van der Waals surface area contributed by atoms with E-state index < -0.39 is 12.2 Å². The standard InChI is InChI=1S/C7H9N3O2/c1-4-9-3-5(10-4)7(12)6(11)2-8/h3,6-7,11-12H,1H3,(H,9,10). The van der Waals surface area contributed by atoms with E-state index in [0.29, 0.717) is 11.5 Å². The Bertz CT molecular complexity index is 302. The van der Waals surface area contributed by atoms with Gasteiger partial charge in [-0.3, -0.25) is 0 Å². The Hall–Kier alpha value is -1.38. The van der Waals surface area contributed by atoms with Gasteiger partial charge in [-0.15, -0.1) is 0 Å². The number of imidazole rings is 1. The van der Waals surface area contributed by atoms with Crippen molar-refractivity contribution in [3.8, 4) is 6.07 Å². The quantitative estimate of drug-likeness (QED) is 0.524. The fraction of sp³-hybridized carbons (Fsp3) is 0.429. The minimum atomic E-state index is -1.41. The van der Waals surface area contributed by atoms with E-state index >= 15 is 0 Å². The first-order valence-corrected chi connectivity index (χ1v) is 3.42. The summed E-state index contributed by atoms with van der Waals surface area (Å²) >= 11 is 0. The molecule has 3 N–H and O–H groups in total. The van der Waals surface area contributed by atoms with Crippen molar-refractivity contribution in [3.05, 3.63) is 17.7 Å². The summed E-state index contributed by atoms with van der Waals surface area (Å²) < 4.78 is 0. The number of nitrogens with zero attached hydrogens (tertiary/aromatic N) is 2. The fourth-order valence-electron chi connectivity index (χ4n) is 0.831. The number of aromatic amines is 1. The number of nitrogens with one attached hydrogen (secondary N) is 1. The number of hydrogen-bond acceptors (Lipinski definition) is 4. The lowest BCUT2D eigenvalue weighted by atomic mass is 10.2. The first kappa shape index (κ1) is 8.71. The number of aliphatic hydroxyl groups is 2. The van der Waals surface area contributed by atoms with Crippen molar-refractivity contribution in [1.82, 2.24) is 9.97 Å². The first-order chi connectivity index (χ1) is 5.65. The minimum Gasteiger partial charge on any atom is -0.383 e. The molecule has 0 saturated heterocycles. The number of nitriles is 1. The van der Waals surface area contributed by atoms with Crippen molar-refractivity contribution in [1.29, 1.82) is 5.26 Å². The Kier molecular flexibility index (Phi) is 2.43. The predicted octanol–water partition coefficient (Wildman–Crippen LogP) is -0.364. The van der Waals surface area contributed by atoms with Gasteiger partial charge < -0.3 is 15.2 Å². The predicted molar refractivity (Wildman–Crippen MR) is 39.9 cm³/mol. The maximum Gasteiger partial charge on any atom is 0.171 e. The molecule has 1 aromatic rings. The highest BCUT2D eigenvalue weighted by atomic mass is 16.3. The molecule has 0 saturated carbocycles. The Morgan fingerprint density at radius 1 is 1.67 bits per heavy atom. The molecular weight excluding hydrogens is 158 g/mol. The van der Waals surface area contributed by atoms with Crippen LogP contribution in [0.2, 0.25) is 0 Å². The van der Waals surface area contributed by atoms with E-state index in [4.69, 9.17) is 10.4 Å². The maximum absolute atomic E-state index is 9.26. The zero-order valence-corrected chi connectivity index (χ0v) is 6.52. The summed E-state index contributed by atoms with van der Waals surface area (Å²) in [6.45, 7) is 1.72. The summed E-state index contributed by atoms with van der Waals surface area (Å²) in [5.41, 5.74) is 0.349. The summed E-state index contributed by atoms with van der Waals surface area (Å²) in [5, 5.41) is 26.5. The summed E-state index contributed by atoms with van der Waals surface area (Å²) in [5.74, 6) is 0.634. The SMILES string of the molecule is Cc1ncc(C(O)C(O)C#N)[nH]1. The number of aryl methyl sites for hydroxylation is 1. The van der Waals surface area contributed by atoms with E-state index in [0.717, 1.165) is 0 Å². The molecule has 12 heavy (non-hydrogen) atoms. The van der Waals surface area contributed by atoms with Crippen LogP contribution >= 0.6 is 0 Å². The molecule has 0 spiro atoms. The molecular formula is C7H9N3O2. The van der Waals surface area contributed by atoms with Crippen molar-refractivity contribution in [3.63, 3.8) is 0 Å². The van der Waals surface area contributed by atoms with E-state index in [-0.39, 0.29) is 0 Å². The molecule has 5 heteroatoms. The Labute approximate surface area is 69.3 Å². The minimum absolute atomic E-state index is 0.349. The van der Waals surface area contributed by atoms with E-state index in [1.807, 2.05) is 0 Å². The average Bonchev–Trinajstić information content (AvgIpc) is 2.49. The molecule has 0 bridgehead atoms. The van der Waals surface area contributed by atoms with Gasteiger partial charge in [0, 0.05) is 0 Å². The van der Waals surface area contributed by atoms with Gasteiger partial charge in [0.25, 0.3) is 0 Å². The van der Waals surface area contributed by atoms with Crippen LogP contribution in [0.1, 0.15) is 17.6 Å². The van der Waals surface area contributed by atoms with E-state index in [1.54, 1.807) is 6.92 Å². The molecule has 0 amide bonds. The summed E-state index contributed by atoms with van der Waals surface area (Å²) in [6, 6.07) is 1.53. The van der Waals surface area contributed by atoms with Crippen LogP contribution in [0.25, 0.3) is 0 Å². The van der Waals surface area contributed by atoms with Gasteiger partial charge in [0.15, 0.2) is 6.10 Å². The van der Waals surface area contributed by atoms with Crippen LogP contribution < -0.4 is 0 Å². The van der Waals surface area contributed by atoms with Gasteiger partial charge in [-0.05, 0) is 6.92 Å². The maximum atomic E-state index is 9.26. The lowest BCUT2D eigenvalue weighted by molar-refractivity contribution is 0.0501. The van der Waals surface area contributed by atoms with Crippen molar-refractivity contribution < 1.29 is 10.2 Å². The van der Waals surface area contributed by atoms with Gasteiger partial charge >= 0.3 is 0 Å². The number of hydrogen-bond donors (Lipinski definition) is 3. The average molecular weight is 167 g/mol. The second-order valence-corrected chi connectivity index (χ2v) is 2.44. The molecule has 64 valence electrons. The molecule has 1 heterocycles. The van der Waals surface area contributed by atoms with Crippen LogP contribution in [0.15, 0.2) is 6.20 Å². The zero-order valence-electron chi connectivity index (χ0n) is 6.52. The molecule has 0 aliphatic rings. The molecule has 0 radical (unpaired) electrons. The van der Waals surface area contributed by atoms with Gasteiger partial charge in [-0.1, -0.05) is 0 Å².